The van der Waals surface area contributed by atoms with Crippen LogP contribution in [0.25, 0.3) is 0 Å². The van der Waals surface area contributed by atoms with Crippen molar-refractivity contribution in [2.45, 2.75) is 20.5 Å². The van der Waals surface area contributed by atoms with E-state index >= 15 is 0 Å². The number of nitrogens with one attached hydrogen (secondary N) is 1. The van der Waals surface area contributed by atoms with E-state index in [9.17, 15) is 4.79 Å². The van der Waals surface area contributed by atoms with E-state index in [1.165, 1.54) is 5.56 Å². The molecule has 0 saturated heterocycles. The Morgan fingerprint density at radius 1 is 0.926 bits per heavy atom. The van der Waals surface area contributed by atoms with Crippen molar-refractivity contribution in [3.8, 4) is 5.75 Å². The fourth-order valence-electron chi connectivity index (χ4n) is 2.59. The van der Waals surface area contributed by atoms with Gasteiger partial charge in [0.1, 0.15) is 12.4 Å². The zero-order valence-corrected chi connectivity index (χ0v) is 15.6. The van der Waals surface area contributed by atoms with Crippen LogP contribution in [0.5, 0.6) is 5.75 Å². The third-order valence-electron chi connectivity index (χ3n) is 4.38. The van der Waals surface area contributed by atoms with Gasteiger partial charge in [-0.3, -0.25) is 4.79 Å². The van der Waals surface area contributed by atoms with Gasteiger partial charge in [-0.25, -0.2) is 0 Å². The van der Waals surface area contributed by atoms with Crippen molar-refractivity contribution in [3.63, 3.8) is 0 Å². The standard InChI is InChI=1S/C24H23NO2/c1-18-8-9-21(16-19(18)2)24(26)14-15-25-22-10-12-23(13-11-22)27-17-20-6-4-3-5-7-20/h3-16,25H,17H2,1-2H3. The second kappa shape index (κ2) is 8.86. The van der Waals surface area contributed by atoms with Crippen LogP contribution in [0.3, 0.4) is 0 Å². The Kier molecular flexibility index (Phi) is 6.06. The summed E-state index contributed by atoms with van der Waals surface area (Å²) < 4.78 is 5.77. The minimum absolute atomic E-state index is 0.0200. The quantitative estimate of drug-likeness (QED) is 0.436. The second-order valence-corrected chi connectivity index (χ2v) is 6.44. The maximum atomic E-state index is 12.2. The number of ether oxygens (including phenoxy) is 1. The first-order valence-electron chi connectivity index (χ1n) is 8.93. The summed E-state index contributed by atoms with van der Waals surface area (Å²) >= 11 is 0. The Bertz CT molecular complexity index is 928. The molecule has 0 fully saturated rings. The summed E-state index contributed by atoms with van der Waals surface area (Å²) in [7, 11) is 0. The molecular formula is C24H23NO2. The van der Waals surface area contributed by atoms with Gasteiger partial charge in [-0.1, -0.05) is 42.5 Å². The van der Waals surface area contributed by atoms with Crippen molar-refractivity contribution in [1.29, 1.82) is 0 Å². The van der Waals surface area contributed by atoms with Crippen LogP contribution >= 0.6 is 0 Å². The predicted octanol–water partition coefficient (Wildman–Crippen LogP) is 5.69. The van der Waals surface area contributed by atoms with Gasteiger partial charge in [0.05, 0.1) is 0 Å². The highest BCUT2D eigenvalue weighted by Crippen LogP contribution is 2.17. The zero-order chi connectivity index (χ0) is 19.1. The van der Waals surface area contributed by atoms with Crippen LogP contribution < -0.4 is 10.1 Å². The molecule has 0 saturated carbocycles. The van der Waals surface area contributed by atoms with Crippen molar-refractivity contribution in [3.05, 3.63) is 107 Å². The molecule has 0 heterocycles. The van der Waals surface area contributed by atoms with Crippen LogP contribution in [-0.4, -0.2) is 5.78 Å². The van der Waals surface area contributed by atoms with E-state index in [1.807, 2.05) is 86.6 Å². The summed E-state index contributed by atoms with van der Waals surface area (Å²) in [5.74, 6) is 0.785. The van der Waals surface area contributed by atoms with E-state index in [4.69, 9.17) is 4.74 Å². The van der Waals surface area contributed by atoms with Crippen LogP contribution in [0.15, 0.2) is 85.1 Å². The SMILES string of the molecule is Cc1ccc(C(=O)C=CNc2ccc(OCc3ccccc3)cc2)cc1C. The molecule has 3 aromatic rings. The van der Waals surface area contributed by atoms with Gasteiger partial charge in [-0.05, 0) is 60.9 Å². The van der Waals surface area contributed by atoms with Gasteiger partial charge in [-0.15, -0.1) is 0 Å². The molecule has 0 aliphatic heterocycles. The van der Waals surface area contributed by atoms with Gasteiger partial charge in [0.15, 0.2) is 5.78 Å². The minimum atomic E-state index is -0.0200. The van der Waals surface area contributed by atoms with Crippen LogP contribution in [-0.2, 0) is 6.61 Å². The molecule has 0 atom stereocenters. The number of aryl methyl sites for hydroxylation is 2. The number of allylic oxidation sites excluding steroid dienone is 1. The number of anilines is 1. The summed E-state index contributed by atoms with van der Waals surface area (Å²) in [4.78, 5) is 12.2. The molecule has 0 radical (unpaired) electrons. The molecule has 0 unspecified atom stereocenters. The lowest BCUT2D eigenvalue weighted by Gasteiger charge is -2.07. The number of carbonyl (C=O) groups is 1. The first-order chi connectivity index (χ1) is 13.1. The topological polar surface area (TPSA) is 38.3 Å². The van der Waals surface area contributed by atoms with Gasteiger partial charge in [0.25, 0.3) is 0 Å². The molecule has 3 aromatic carbocycles. The third-order valence-corrected chi connectivity index (χ3v) is 4.38. The number of carbonyl (C=O) groups excluding carboxylic acids is 1. The highest BCUT2D eigenvalue weighted by molar-refractivity contribution is 6.04. The molecule has 0 amide bonds. The normalized spacial score (nSPS) is 10.7. The lowest BCUT2D eigenvalue weighted by atomic mass is 10.0. The van der Waals surface area contributed by atoms with E-state index < -0.39 is 0 Å². The van der Waals surface area contributed by atoms with Crippen molar-refractivity contribution in [1.82, 2.24) is 0 Å². The van der Waals surface area contributed by atoms with Crippen LogP contribution in [0.4, 0.5) is 5.69 Å². The number of hydrogen-bond donors (Lipinski definition) is 1. The van der Waals surface area contributed by atoms with Crippen molar-refractivity contribution in [2.75, 3.05) is 5.32 Å². The molecule has 0 aliphatic rings. The maximum Gasteiger partial charge on any atom is 0.187 e. The Balaban J connectivity index is 1.52. The predicted molar refractivity (Wildman–Crippen MR) is 110 cm³/mol. The van der Waals surface area contributed by atoms with Gasteiger partial charge in [0, 0.05) is 23.5 Å². The molecule has 27 heavy (non-hydrogen) atoms. The van der Waals surface area contributed by atoms with Gasteiger partial charge in [0.2, 0.25) is 0 Å². The number of rotatable bonds is 7. The lowest BCUT2D eigenvalue weighted by molar-refractivity contribution is 0.104. The second-order valence-electron chi connectivity index (χ2n) is 6.44. The smallest absolute Gasteiger partial charge is 0.187 e. The molecular weight excluding hydrogens is 334 g/mol. The number of benzene rings is 3. The van der Waals surface area contributed by atoms with Crippen molar-refractivity contribution in [2.24, 2.45) is 0 Å². The third kappa shape index (κ3) is 5.32. The number of hydrogen-bond acceptors (Lipinski definition) is 3. The highest BCUT2D eigenvalue weighted by Gasteiger charge is 2.03. The van der Waals surface area contributed by atoms with Gasteiger partial charge in [-0.2, -0.15) is 0 Å². The average molecular weight is 357 g/mol. The Morgan fingerprint density at radius 2 is 1.67 bits per heavy atom. The highest BCUT2D eigenvalue weighted by atomic mass is 16.5. The zero-order valence-electron chi connectivity index (χ0n) is 15.6. The summed E-state index contributed by atoms with van der Waals surface area (Å²) in [6, 6.07) is 23.5. The van der Waals surface area contributed by atoms with Crippen molar-refractivity contribution >= 4 is 11.5 Å². The fraction of sp³-hybridized carbons (Fsp3) is 0.125. The molecule has 0 spiro atoms. The summed E-state index contributed by atoms with van der Waals surface area (Å²) in [6.07, 6.45) is 3.21. The molecule has 0 aromatic heterocycles. The lowest BCUT2D eigenvalue weighted by Crippen LogP contribution is -1.98. The molecule has 3 nitrogen and oxygen atoms in total. The monoisotopic (exact) mass is 357 g/mol. The largest absolute Gasteiger partial charge is 0.489 e. The van der Waals surface area contributed by atoms with Gasteiger partial charge >= 0.3 is 0 Å². The summed E-state index contributed by atoms with van der Waals surface area (Å²) in [6.45, 7) is 4.59. The van der Waals surface area contributed by atoms with E-state index in [1.54, 1.807) is 12.3 Å². The first-order valence-corrected chi connectivity index (χ1v) is 8.93. The molecule has 0 bridgehead atoms. The summed E-state index contributed by atoms with van der Waals surface area (Å²) in [5, 5.41) is 3.12. The van der Waals surface area contributed by atoms with E-state index in [-0.39, 0.29) is 5.78 Å². The Hall–Kier alpha value is -3.33. The molecule has 1 N–H and O–H groups in total. The van der Waals surface area contributed by atoms with E-state index in [2.05, 4.69) is 5.32 Å². The first kappa shape index (κ1) is 18.5. The minimum Gasteiger partial charge on any atom is -0.489 e. The Morgan fingerprint density at radius 3 is 2.37 bits per heavy atom. The van der Waals surface area contributed by atoms with E-state index in [0.717, 1.165) is 22.6 Å². The molecule has 0 aliphatic carbocycles. The summed E-state index contributed by atoms with van der Waals surface area (Å²) in [5.41, 5.74) is 5.02. The fourth-order valence-corrected chi connectivity index (χ4v) is 2.59. The van der Waals surface area contributed by atoms with Crippen LogP contribution in [0, 0.1) is 13.8 Å². The van der Waals surface area contributed by atoms with Crippen molar-refractivity contribution < 1.29 is 9.53 Å². The number of ketones is 1. The van der Waals surface area contributed by atoms with E-state index in [0.29, 0.717) is 12.2 Å². The van der Waals surface area contributed by atoms with Crippen LogP contribution in [0.1, 0.15) is 27.0 Å². The maximum absolute atomic E-state index is 12.2. The van der Waals surface area contributed by atoms with Crippen LogP contribution in [0.2, 0.25) is 0 Å². The Labute approximate surface area is 160 Å². The molecule has 3 heteroatoms. The average Bonchev–Trinajstić information content (AvgIpc) is 2.70. The molecule has 136 valence electrons. The van der Waals surface area contributed by atoms with Gasteiger partial charge < -0.3 is 10.1 Å². The molecule has 3 rings (SSSR count).